The number of carboxylic acid groups (broad SMARTS) is 1. The number of aliphatic hydroxyl groups excluding tert-OH is 2. The molecule has 0 amide bonds. The van der Waals surface area contributed by atoms with Gasteiger partial charge in [0.05, 0.1) is 24.4 Å². The Morgan fingerprint density at radius 2 is 1.79 bits per heavy atom. The monoisotopic (exact) mass is 342 g/mol. The van der Waals surface area contributed by atoms with Crippen LogP contribution in [-0.4, -0.2) is 51.5 Å². The van der Waals surface area contributed by atoms with E-state index in [9.17, 15) is 15.0 Å². The molecule has 0 aromatic carbocycles. The van der Waals surface area contributed by atoms with E-state index < -0.39 is 24.0 Å². The number of hydrogen-bond donors (Lipinski definition) is 3. The highest BCUT2D eigenvalue weighted by molar-refractivity contribution is 5.79. The first kappa shape index (κ1) is 19.4. The van der Waals surface area contributed by atoms with Gasteiger partial charge in [-0.1, -0.05) is 33.8 Å². The Morgan fingerprint density at radius 1 is 1.17 bits per heavy atom. The molecule has 1 spiro atoms. The highest BCUT2D eigenvalue weighted by Crippen LogP contribution is 2.47. The Morgan fingerprint density at radius 3 is 2.33 bits per heavy atom. The fraction of sp³-hybridized carbons (Fsp3) is 0.833. The lowest BCUT2D eigenvalue weighted by molar-refractivity contribution is -0.381. The molecule has 2 aliphatic rings. The van der Waals surface area contributed by atoms with Crippen molar-refractivity contribution in [2.75, 3.05) is 0 Å². The first-order valence-electron chi connectivity index (χ1n) is 8.72. The molecule has 0 radical (unpaired) electrons. The van der Waals surface area contributed by atoms with E-state index in [4.69, 9.17) is 14.6 Å². The molecule has 138 valence electrons. The van der Waals surface area contributed by atoms with Gasteiger partial charge >= 0.3 is 5.97 Å². The molecule has 2 fully saturated rings. The van der Waals surface area contributed by atoms with Gasteiger partial charge in [0, 0.05) is 36.2 Å². The molecule has 2 heterocycles. The van der Waals surface area contributed by atoms with Crippen LogP contribution in [0, 0.1) is 23.7 Å². The van der Waals surface area contributed by atoms with Crippen LogP contribution in [-0.2, 0) is 14.3 Å². The third kappa shape index (κ3) is 3.52. The number of aliphatic carboxylic acids is 1. The molecule has 0 aromatic heterocycles. The van der Waals surface area contributed by atoms with Crippen molar-refractivity contribution >= 4 is 5.97 Å². The van der Waals surface area contributed by atoms with E-state index in [0.29, 0.717) is 6.42 Å². The molecule has 0 bridgehead atoms. The van der Waals surface area contributed by atoms with E-state index in [1.54, 1.807) is 6.08 Å². The van der Waals surface area contributed by atoms with Gasteiger partial charge < -0.3 is 24.8 Å². The van der Waals surface area contributed by atoms with Gasteiger partial charge in [0.25, 0.3) is 0 Å². The molecule has 0 saturated carbocycles. The zero-order valence-electron chi connectivity index (χ0n) is 15.0. The van der Waals surface area contributed by atoms with Crippen LogP contribution in [0.2, 0.25) is 0 Å². The van der Waals surface area contributed by atoms with Gasteiger partial charge in [0.2, 0.25) is 0 Å². The maximum Gasteiger partial charge on any atom is 0.327 e. The van der Waals surface area contributed by atoms with Crippen molar-refractivity contribution in [3.8, 4) is 0 Å². The quantitative estimate of drug-likeness (QED) is 0.677. The predicted molar refractivity (Wildman–Crippen MR) is 88.2 cm³/mol. The maximum absolute atomic E-state index is 10.8. The van der Waals surface area contributed by atoms with Crippen molar-refractivity contribution in [1.82, 2.24) is 0 Å². The van der Waals surface area contributed by atoms with Crippen molar-refractivity contribution in [1.29, 1.82) is 0 Å². The maximum atomic E-state index is 10.8. The zero-order chi connectivity index (χ0) is 18.2. The predicted octanol–water partition coefficient (Wildman–Crippen LogP) is 1.80. The first-order chi connectivity index (χ1) is 11.1. The van der Waals surface area contributed by atoms with Crippen LogP contribution in [0.3, 0.4) is 0 Å². The van der Waals surface area contributed by atoms with Crippen LogP contribution >= 0.6 is 0 Å². The highest BCUT2D eigenvalue weighted by Gasteiger charge is 2.56. The second kappa shape index (κ2) is 7.12. The minimum Gasteiger partial charge on any atom is -0.478 e. The summed E-state index contributed by atoms with van der Waals surface area (Å²) >= 11 is 0. The molecule has 9 atom stereocenters. The molecule has 2 aliphatic heterocycles. The summed E-state index contributed by atoms with van der Waals surface area (Å²) in [6, 6.07) is 0. The molecular weight excluding hydrogens is 312 g/mol. The number of rotatable bonds is 3. The summed E-state index contributed by atoms with van der Waals surface area (Å²) in [5.74, 6) is -2.73. The molecule has 2 saturated heterocycles. The van der Waals surface area contributed by atoms with E-state index in [2.05, 4.69) is 0 Å². The minimum atomic E-state index is -1.05. The number of hydrogen-bond acceptors (Lipinski definition) is 5. The first-order valence-corrected chi connectivity index (χ1v) is 8.72. The molecule has 9 unspecified atom stereocenters. The molecule has 0 aliphatic carbocycles. The van der Waals surface area contributed by atoms with Crippen LogP contribution in [0.15, 0.2) is 12.2 Å². The van der Waals surface area contributed by atoms with Crippen molar-refractivity contribution in [3.63, 3.8) is 0 Å². The molecule has 0 aromatic rings. The summed E-state index contributed by atoms with van der Waals surface area (Å²) in [5, 5.41) is 29.9. The largest absolute Gasteiger partial charge is 0.478 e. The van der Waals surface area contributed by atoms with Crippen molar-refractivity contribution < 1.29 is 29.6 Å². The van der Waals surface area contributed by atoms with E-state index >= 15 is 0 Å². The fourth-order valence-electron chi connectivity index (χ4n) is 3.91. The zero-order valence-corrected chi connectivity index (χ0v) is 15.0. The molecule has 3 N–H and O–H groups in total. The second-order valence-corrected chi connectivity index (χ2v) is 7.54. The van der Waals surface area contributed by atoms with Gasteiger partial charge in [0.1, 0.15) is 0 Å². The van der Waals surface area contributed by atoms with Gasteiger partial charge in [-0.3, -0.25) is 0 Å². The van der Waals surface area contributed by atoms with Crippen LogP contribution < -0.4 is 0 Å². The van der Waals surface area contributed by atoms with E-state index in [0.717, 1.165) is 6.08 Å². The van der Waals surface area contributed by atoms with Crippen LogP contribution in [0.5, 0.6) is 0 Å². The minimum absolute atomic E-state index is 0.00861. The van der Waals surface area contributed by atoms with Gasteiger partial charge in [-0.25, -0.2) is 4.79 Å². The van der Waals surface area contributed by atoms with Gasteiger partial charge in [-0.15, -0.1) is 0 Å². The average molecular weight is 342 g/mol. The third-order valence-electron chi connectivity index (χ3n) is 5.89. The van der Waals surface area contributed by atoms with Gasteiger partial charge in [0.15, 0.2) is 5.79 Å². The van der Waals surface area contributed by atoms with E-state index in [-0.39, 0.29) is 35.9 Å². The lowest BCUT2D eigenvalue weighted by Gasteiger charge is -2.56. The Labute approximate surface area is 143 Å². The second-order valence-electron chi connectivity index (χ2n) is 7.54. The fourth-order valence-corrected chi connectivity index (χ4v) is 3.91. The summed E-state index contributed by atoms with van der Waals surface area (Å²) in [7, 11) is 0. The molecule has 6 heteroatoms. The van der Waals surface area contributed by atoms with Crippen molar-refractivity contribution in [3.05, 3.63) is 12.2 Å². The SMILES string of the molecule is CC(C=CC(=O)O)C1OC2(CC(O)C(C)C(C)O2)C(C)C(O)C1C. The third-order valence-corrected chi connectivity index (χ3v) is 5.89. The van der Waals surface area contributed by atoms with Crippen LogP contribution in [0.4, 0.5) is 0 Å². The number of aliphatic hydroxyl groups is 2. The van der Waals surface area contributed by atoms with Crippen LogP contribution in [0.25, 0.3) is 0 Å². The Balaban J connectivity index is 2.28. The lowest BCUT2D eigenvalue weighted by Crippen LogP contribution is -2.64. The summed E-state index contributed by atoms with van der Waals surface area (Å²) in [6.07, 6.45) is 1.17. The Kier molecular flexibility index (Phi) is 5.75. The summed E-state index contributed by atoms with van der Waals surface area (Å²) < 4.78 is 12.5. The van der Waals surface area contributed by atoms with E-state index in [1.165, 1.54) is 0 Å². The smallest absolute Gasteiger partial charge is 0.327 e. The summed E-state index contributed by atoms with van der Waals surface area (Å²) in [6.45, 7) is 9.48. The number of ether oxygens (including phenoxy) is 2. The number of carboxylic acids is 1. The lowest BCUT2D eigenvalue weighted by atomic mass is 9.73. The summed E-state index contributed by atoms with van der Waals surface area (Å²) in [5.41, 5.74) is 0. The summed E-state index contributed by atoms with van der Waals surface area (Å²) in [4.78, 5) is 10.8. The Hall–Kier alpha value is -0.950. The van der Waals surface area contributed by atoms with Gasteiger partial charge in [-0.05, 0) is 6.92 Å². The Bertz CT molecular complexity index is 478. The van der Waals surface area contributed by atoms with Crippen molar-refractivity contribution in [2.24, 2.45) is 23.7 Å². The topological polar surface area (TPSA) is 96.2 Å². The highest BCUT2D eigenvalue weighted by atomic mass is 16.7. The van der Waals surface area contributed by atoms with E-state index in [1.807, 2.05) is 34.6 Å². The van der Waals surface area contributed by atoms with Gasteiger partial charge in [-0.2, -0.15) is 0 Å². The average Bonchev–Trinajstić information content (AvgIpc) is 2.52. The molecule has 24 heavy (non-hydrogen) atoms. The van der Waals surface area contributed by atoms with Crippen LogP contribution in [0.1, 0.15) is 41.0 Å². The standard InChI is InChI=1S/C18H30O6/c1-9(6-7-15(20)21)17-11(3)16(22)12(4)18(24-17)8-14(19)10(2)13(5)23-18/h6-7,9-14,16-17,19,22H,8H2,1-5H3,(H,20,21). The molecular formula is C18H30O6. The van der Waals surface area contributed by atoms with Crippen molar-refractivity contribution in [2.45, 2.75) is 71.2 Å². The number of carbonyl (C=O) groups is 1. The molecule has 6 nitrogen and oxygen atoms in total. The molecule has 2 rings (SSSR count). The normalized spacial score (nSPS) is 47.9.